The summed E-state index contributed by atoms with van der Waals surface area (Å²) in [5.41, 5.74) is 0. The van der Waals surface area contributed by atoms with Crippen molar-refractivity contribution in [3.63, 3.8) is 0 Å². The molecule has 0 amide bonds. The monoisotopic (exact) mass is 489 g/mol. The average Bonchev–Trinajstić information content (AvgIpc) is 2.55. The van der Waals surface area contributed by atoms with E-state index in [-0.39, 0.29) is 0 Å². The molecule has 0 unspecified atom stereocenters. The summed E-state index contributed by atoms with van der Waals surface area (Å²) in [6, 6.07) is 0. The molecule has 0 fully saturated rings. The predicted molar refractivity (Wildman–Crippen MR) is 63.3 cm³/mol. The summed E-state index contributed by atoms with van der Waals surface area (Å²) in [4.78, 5) is 0. The minimum absolute atomic E-state index is 1.77. The van der Waals surface area contributed by atoms with Crippen molar-refractivity contribution in [2.45, 2.75) is 0 Å². The van der Waals surface area contributed by atoms with Crippen molar-refractivity contribution >= 4 is 34.7 Å². The van der Waals surface area contributed by atoms with E-state index in [1.54, 1.807) is 0 Å². The summed E-state index contributed by atoms with van der Waals surface area (Å²) in [5, 5.41) is 0. The molecule has 1 radical (unpaired) electrons. The molecule has 129 valence electrons. The standard InChI is InChI=1S/2C6F5.ClH.Sn/c2*7-2-1-3(8)5(10)6(11)4(2)9;;/h;;1H;/q;;;+1/p-1. The molecule has 0 aliphatic rings. The van der Waals surface area contributed by atoms with Crippen LogP contribution in [0, 0.1) is 58.2 Å². The van der Waals surface area contributed by atoms with Gasteiger partial charge in [-0.1, -0.05) is 0 Å². The summed E-state index contributed by atoms with van der Waals surface area (Å²) in [6.07, 6.45) is 0. The van der Waals surface area contributed by atoms with Gasteiger partial charge in [-0.3, -0.25) is 0 Å². The van der Waals surface area contributed by atoms with Crippen LogP contribution in [0.5, 0.6) is 0 Å². The molecule has 0 aliphatic heterocycles. The first-order valence-electron chi connectivity index (χ1n) is 5.58. The molecule has 0 N–H and O–H groups in total. The summed E-state index contributed by atoms with van der Waals surface area (Å²) in [6.45, 7) is 0. The molecule has 12 heteroatoms. The number of benzene rings is 2. The first kappa shape index (κ1) is 19.2. The second-order valence-electron chi connectivity index (χ2n) is 4.20. The van der Waals surface area contributed by atoms with Gasteiger partial charge in [0.1, 0.15) is 0 Å². The molecule has 0 saturated heterocycles. The molecule has 0 spiro atoms. The van der Waals surface area contributed by atoms with Gasteiger partial charge in [0, 0.05) is 0 Å². The van der Waals surface area contributed by atoms with Crippen molar-refractivity contribution in [2.75, 3.05) is 0 Å². The first-order chi connectivity index (χ1) is 11.0. The zero-order valence-electron chi connectivity index (χ0n) is 10.7. The van der Waals surface area contributed by atoms with Gasteiger partial charge in [0.05, 0.1) is 0 Å². The van der Waals surface area contributed by atoms with Crippen LogP contribution in [-0.4, -0.2) is 18.6 Å². The van der Waals surface area contributed by atoms with Crippen molar-refractivity contribution < 1.29 is 43.9 Å². The van der Waals surface area contributed by atoms with Gasteiger partial charge < -0.3 is 0 Å². The number of hydrogen-bond donors (Lipinski definition) is 0. The maximum absolute atomic E-state index is 13.6. The van der Waals surface area contributed by atoms with Crippen molar-refractivity contribution in [3.05, 3.63) is 58.2 Å². The van der Waals surface area contributed by atoms with E-state index in [1.807, 2.05) is 0 Å². The van der Waals surface area contributed by atoms with Gasteiger partial charge in [-0.05, 0) is 0 Å². The summed E-state index contributed by atoms with van der Waals surface area (Å²) >= 11 is -5.24. The molecule has 0 aliphatic carbocycles. The Morgan fingerprint density at radius 3 is 0.750 bits per heavy atom. The Kier molecular flexibility index (Phi) is 5.28. The molecule has 2 aromatic carbocycles. The third kappa shape index (κ3) is 2.72. The fourth-order valence-corrected chi connectivity index (χ4v) is 8.11. The Morgan fingerprint density at radius 2 is 0.542 bits per heavy atom. The van der Waals surface area contributed by atoms with E-state index in [4.69, 9.17) is 8.92 Å². The first-order valence-corrected chi connectivity index (χ1v) is 12.0. The molecule has 0 bridgehead atoms. The average molecular weight is 488 g/mol. The van der Waals surface area contributed by atoms with E-state index >= 15 is 0 Å². The van der Waals surface area contributed by atoms with E-state index in [0.29, 0.717) is 0 Å². The van der Waals surface area contributed by atoms with Crippen LogP contribution in [-0.2, 0) is 0 Å². The van der Waals surface area contributed by atoms with Gasteiger partial charge in [-0.15, -0.1) is 0 Å². The quantitative estimate of drug-likeness (QED) is 0.263. The second-order valence-corrected chi connectivity index (χ2v) is 11.4. The van der Waals surface area contributed by atoms with Gasteiger partial charge >= 0.3 is 137 Å². The number of rotatable bonds is 2. The molecule has 0 atom stereocenters. The van der Waals surface area contributed by atoms with E-state index in [0.717, 1.165) is 0 Å². The van der Waals surface area contributed by atoms with Gasteiger partial charge in [-0.2, -0.15) is 0 Å². The zero-order chi connectivity index (χ0) is 18.5. The van der Waals surface area contributed by atoms with Crippen LogP contribution >= 0.6 is 8.92 Å². The molecular weight excluding hydrogens is 488 g/mol. The normalized spacial score (nSPS) is 11.5. The van der Waals surface area contributed by atoms with E-state index < -0.39 is 84.0 Å². The van der Waals surface area contributed by atoms with Crippen molar-refractivity contribution in [1.82, 2.24) is 0 Å². The Bertz CT molecular complexity index is 725. The van der Waals surface area contributed by atoms with E-state index in [9.17, 15) is 43.9 Å². The van der Waals surface area contributed by atoms with Crippen molar-refractivity contribution in [1.29, 1.82) is 0 Å². The predicted octanol–water partition coefficient (Wildman–Crippen LogP) is 3.42. The molecule has 0 aromatic heterocycles. The van der Waals surface area contributed by atoms with Gasteiger partial charge in [-0.25, -0.2) is 0 Å². The van der Waals surface area contributed by atoms with Crippen LogP contribution in [0.1, 0.15) is 0 Å². The van der Waals surface area contributed by atoms with Crippen molar-refractivity contribution in [2.24, 2.45) is 0 Å². The van der Waals surface area contributed by atoms with Gasteiger partial charge in [0.15, 0.2) is 0 Å². The Balaban J connectivity index is 2.84. The molecule has 2 rings (SSSR count). The van der Waals surface area contributed by atoms with Gasteiger partial charge in [0.25, 0.3) is 0 Å². The van der Waals surface area contributed by atoms with Crippen LogP contribution in [0.2, 0.25) is 0 Å². The van der Waals surface area contributed by atoms with Crippen LogP contribution in [0.25, 0.3) is 0 Å². The molecular formula is C12ClF10Sn. The zero-order valence-corrected chi connectivity index (χ0v) is 14.3. The molecule has 2 aromatic rings. The molecule has 0 heterocycles. The molecule has 0 saturated carbocycles. The third-order valence-electron chi connectivity index (χ3n) is 2.86. The van der Waals surface area contributed by atoms with E-state index in [1.165, 1.54) is 0 Å². The Labute approximate surface area is 137 Å². The van der Waals surface area contributed by atoms with E-state index in [2.05, 4.69) is 0 Å². The maximum atomic E-state index is 13.6. The summed E-state index contributed by atoms with van der Waals surface area (Å²) in [5.74, 6) is -24.9. The fraction of sp³-hybridized carbons (Fsp3) is 0. The van der Waals surface area contributed by atoms with Crippen LogP contribution < -0.4 is 7.16 Å². The van der Waals surface area contributed by atoms with Crippen LogP contribution in [0.15, 0.2) is 0 Å². The minimum atomic E-state index is -5.24. The third-order valence-corrected chi connectivity index (χ3v) is 10.4. The summed E-state index contributed by atoms with van der Waals surface area (Å²) < 4.78 is 129. The SMILES string of the molecule is Fc1c(F)c(F)[c]([Sn]([Cl])[c]2c(F)c(F)c(F)c(F)c2F)c(F)c1F. The Hall–Kier alpha value is -1.17. The number of hydrogen-bond acceptors (Lipinski definition) is 0. The summed E-state index contributed by atoms with van der Waals surface area (Å²) in [7, 11) is 5.47. The van der Waals surface area contributed by atoms with Gasteiger partial charge in [0.2, 0.25) is 0 Å². The van der Waals surface area contributed by atoms with Crippen LogP contribution in [0.3, 0.4) is 0 Å². The molecule has 24 heavy (non-hydrogen) atoms. The fourth-order valence-electron chi connectivity index (χ4n) is 1.72. The topological polar surface area (TPSA) is 0 Å². The number of halogens is 11. The van der Waals surface area contributed by atoms with Crippen molar-refractivity contribution in [3.8, 4) is 0 Å². The molecule has 0 nitrogen and oxygen atoms in total. The second kappa shape index (κ2) is 6.62. The van der Waals surface area contributed by atoms with Crippen LogP contribution in [0.4, 0.5) is 43.9 Å². The Morgan fingerprint density at radius 1 is 0.375 bits per heavy atom.